The lowest BCUT2D eigenvalue weighted by atomic mass is 9.89. The van der Waals surface area contributed by atoms with Crippen molar-refractivity contribution < 1.29 is 0 Å². The predicted molar refractivity (Wildman–Crippen MR) is 112 cm³/mol. The van der Waals surface area contributed by atoms with Gasteiger partial charge in [-0.1, -0.05) is 103 Å². The van der Waals surface area contributed by atoms with E-state index in [1.807, 2.05) is 24.3 Å². The maximum atomic E-state index is 5.95. The minimum atomic E-state index is 0.939. The highest BCUT2D eigenvalue weighted by atomic mass is 14.1. The highest BCUT2D eigenvalue weighted by Gasteiger charge is 2.12. The van der Waals surface area contributed by atoms with Crippen LogP contribution in [0, 0.1) is 12.3 Å². The molecule has 0 atom stereocenters. The molecule has 0 nitrogen and oxygen atoms in total. The molecule has 4 aromatic rings. The molecule has 0 amide bonds. The third-order valence-electron chi connectivity index (χ3n) is 4.56. The van der Waals surface area contributed by atoms with Crippen molar-refractivity contribution in [1.82, 2.24) is 0 Å². The second kappa shape index (κ2) is 7.13. The molecule has 0 saturated carbocycles. The first-order valence-corrected chi connectivity index (χ1v) is 8.68. The standard InChI is InChI=1S/C26H18/c1-2-23-24-16-10-9-15-22(24)17-18-25(23)26(21-13-7-4-8-14-21)19-20-11-5-3-6-12-20/h1,3-19H/b26-19+. The molecule has 0 heterocycles. The topological polar surface area (TPSA) is 0 Å². The normalized spacial score (nSPS) is 11.3. The van der Waals surface area contributed by atoms with Gasteiger partial charge in [0, 0.05) is 5.56 Å². The summed E-state index contributed by atoms with van der Waals surface area (Å²) in [4.78, 5) is 0. The number of hydrogen-bond donors (Lipinski definition) is 0. The van der Waals surface area contributed by atoms with E-state index >= 15 is 0 Å². The SMILES string of the molecule is C#Cc1c(/C(=C/c2ccccc2)c2ccccc2)ccc2ccccc12. The van der Waals surface area contributed by atoms with Gasteiger partial charge in [0.25, 0.3) is 0 Å². The summed E-state index contributed by atoms with van der Waals surface area (Å²) >= 11 is 0. The van der Waals surface area contributed by atoms with E-state index in [0.29, 0.717) is 0 Å². The summed E-state index contributed by atoms with van der Waals surface area (Å²) in [6.07, 6.45) is 8.16. The van der Waals surface area contributed by atoms with Gasteiger partial charge in [-0.2, -0.15) is 0 Å². The first-order chi connectivity index (χ1) is 12.9. The Labute approximate surface area is 154 Å². The summed E-state index contributed by atoms with van der Waals surface area (Å²) in [6, 6.07) is 33.3. The van der Waals surface area contributed by atoms with Gasteiger partial charge in [0.1, 0.15) is 0 Å². The fourth-order valence-corrected chi connectivity index (χ4v) is 3.30. The van der Waals surface area contributed by atoms with E-state index in [-0.39, 0.29) is 0 Å². The molecule has 122 valence electrons. The Kier molecular flexibility index (Phi) is 4.37. The molecule has 0 bridgehead atoms. The molecule has 0 aliphatic rings. The van der Waals surface area contributed by atoms with Crippen molar-refractivity contribution >= 4 is 22.4 Å². The van der Waals surface area contributed by atoms with E-state index in [0.717, 1.165) is 38.6 Å². The highest BCUT2D eigenvalue weighted by molar-refractivity contribution is 5.99. The van der Waals surface area contributed by atoms with Crippen LogP contribution in [0.1, 0.15) is 22.3 Å². The Morgan fingerprint density at radius 3 is 2.08 bits per heavy atom. The van der Waals surface area contributed by atoms with E-state index < -0.39 is 0 Å². The Morgan fingerprint density at radius 2 is 1.35 bits per heavy atom. The van der Waals surface area contributed by atoms with Crippen LogP contribution in [0.3, 0.4) is 0 Å². The summed E-state index contributed by atoms with van der Waals surface area (Å²) in [6.45, 7) is 0. The van der Waals surface area contributed by atoms with Gasteiger partial charge in [0.05, 0.1) is 0 Å². The first kappa shape index (κ1) is 15.9. The lowest BCUT2D eigenvalue weighted by Crippen LogP contribution is -1.94. The molecule has 4 rings (SSSR count). The van der Waals surface area contributed by atoms with Crippen LogP contribution in [-0.2, 0) is 0 Å². The summed E-state index contributed by atoms with van der Waals surface area (Å²) in [5.74, 6) is 2.93. The summed E-state index contributed by atoms with van der Waals surface area (Å²) in [5, 5.41) is 2.28. The van der Waals surface area contributed by atoms with Crippen molar-refractivity contribution in [2.75, 3.05) is 0 Å². The summed E-state index contributed by atoms with van der Waals surface area (Å²) in [5.41, 5.74) is 5.47. The third kappa shape index (κ3) is 3.04. The molecule has 0 aromatic heterocycles. The van der Waals surface area contributed by atoms with E-state index in [1.165, 1.54) is 0 Å². The van der Waals surface area contributed by atoms with Gasteiger partial charge < -0.3 is 0 Å². The van der Waals surface area contributed by atoms with Crippen LogP contribution in [0.2, 0.25) is 0 Å². The maximum Gasteiger partial charge on any atom is 0.0399 e. The molecular weight excluding hydrogens is 312 g/mol. The number of terminal acetylenes is 1. The average Bonchev–Trinajstić information content (AvgIpc) is 2.72. The van der Waals surface area contributed by atoms with Gasteiger partial charge in [-0.15, -0.1) is 6.42 Å². The van der Waals surface area contributed by atoms with Crippen molar-refractivity contribution in [1.29, 1.82) is 0 Å². The molecule has 0 aliphatic heterocycles. The van der Waals surface area contributed by atoms with Crippen LogP contribution in [0.15, 0.2) is 97.1 Å². The highest BCUT2D eigenvalue weighted by Crippen LogP contribution is 2.32. The minimum absolute atomic E-state index is 0.939. The quantitative estimate of drug-likeness (QED) is 0.301. The average molecular weight is 330 g/mol. The van der Waals surface area contributed by atoms with E-state index in [4.69, 9.17) is 6.42 Å². The fraction of sp³-hybridized carbons (Fsp3) is 0. The zero-order chi connectivity index (χ0) is 17.8. The zero-order valence-electron chi connectivity index (χ0n) is 14.4. The number of fused-ring (bicyclic) bond motifs is 1. The van der Waals surface area contributed by atoms with Crippen LogP contribution in [-0.4, -0.2) is 0 Å². The van der Waals surface area contributed by atoms with Crippen LogP contribution < -0.4 is 0 Å². The second-order valence-electron chi connectivity index (χ2n) is 6.19. The molecule has 0 saturated heterocycles. The molecular formula is C26H18. The van der Waals surface area contributed by atoms with E-state index in [2.05, 4.69) is 84.8 Å². The lowest BCUT2D eigenvalue weighted by molar-refractivity contribution is 1.55. The fourth-order valence-electron chi connectivity index (χ4n) is 3.30. The first-order valence-electron chi connectivity index (χ1n) is 8.68. The van der Waals surface area contributed by atoms with E-state index in [9.17, 15) is 0 Å². The Morgan fingerprint density at radius 1 is 0.692 bits per heavy atom. The summed E-state index contributed by atoms with van der Waals surface area (Å²) in [7, 11) is 0. The van der Waals surface area contributed by atoms with Crippen molar-refractivity contribution in [3.8, 4) is 12.3 Å². The van der Waals surface area contributed by atoms with Crippen LogP contribution in [0.25, 0.3) is 22.4 Å². The van der Waals surface area contributed by atoms with Gasteiger partial charge in [-0.05, 0) is 39.1 Å². The molecule has 26 heavy (non-hydrogen) atoms. The Hall–Kier alpha value is -3.56. The number of hydrogen-bond acceptors (Lipinski definition) is 0. The molecule has 0 aliphatic carbocycles. The van der Waals surface area contributed by atoms with Crippen LogP contribution in [0.4, 0.5) is 0 Å². The molecule has 0 heteroatoms. The van der Waals surface area contributed by atoms with Gasteiger partial charge >= 0.3 is 0 Å². The Balaban J connectivity index is 2.00. The minimum Gasteiger partial charge on any atom is -0.115 e. The second-order valence-corrected chi connectivity index (χ2v) is 6.19. The lowest BCUT2D eigenvalue weighted by Gasteiger charge is -2.14. The van der Waals surface area contributed by atoms with Crippen molar-refractivity contribution in [2.45, 2.75) is 0 Å². The van der Waals surface area contributed by atoms with Crippen molar-refractivity contribution in [3.63, 3.8) is 0 Å². The number of benzene rings is 4. The summed E-state index contributed by atoms with van der Waals surface area (Å²) < 4.78 is 0. The van der Waals surface area contributed by atoms with Crippen LogP contribution >= 0.6 is 0 Å². The molecule has 0 N–H and O–H groups in total. The predicted octanol–water partition coefficient (Wildman–Crippen LogP) is 6.41. The van der Waals surface area contributed by atoms with Crippen molar-refractivity contribution in [2.24, 2.45) is 0 Å². The molecule has 0 fully saturated rings. The molecule has 0 spiro atoms. The molecule has 0 radical (unpaired) electrons. The Bertz CT molecular complexity index is 1110. The molecule has 4 aromatic carbocycles. The van der Waals surface area contributed by atoms with Gasteiger partial charge in [0.2, 0.25) is 0 Å². The largest absolute Gasteiger partial charge is 0.115 e. The van der Waals surface area contributed by atoms with E-state index in [1.54, 1.807) is 0 Å². The van der Waals surface area contributed by atoms with Gasteiger partial charge in [-0.25, -0.2) is 0 Å². The van der Waals surface area contributed by atoms with Gasteiger partial charge in [-0.3, -0.25) is 0 Å². The zero-order valence-corrected chi connectivity index (χ0v) is 14.4. The number of rotatable bonds is 3. The smallest absolute Gasteiger partial charge is 0.0399 e. The van der Waals surface area contributed by atoms with Gasteiger partial charge in [0.15, 0.2) is 0 Å². The third-order valence-corrected chi connectivity index (χ3v) is 4.56. The molecule has 0 unspecified atom stereocenters. The monoisotopic (exact) mass is 330 g/mol. The van der Waals surface area contributed by atoms with Crippen LogP contribution in [0.5, 0.6) is 0 Å². The maximum absolute atomic E-state index is 5.95. The van der Waals surface area contributed by atoms with Crippen molar-refractivity contribution in [3.05, 3.63) is 119 Å².